The van der Waals surface area contributed by atoms with Gasteiger partial charge < -0.3 is 5.32 Å². The third-order valence-corrected chi connectivity index (χ3v) is 4.81. The Bertz CT molecular complexity index is 422. The third kappa shape index (κ3) is 1.94. The van der Waals surface area contributed by atoms with E-state index in [-0.39, 0.29) is 11.3 Å². The van der Waals surface area contributed by atoms with Crippen LogP contribution in [0.25, 0.3) is 0 Å². The zero-order valence-corrected chi connectivity index (χ0v) is 10.8. The molecule has 0 radical (unpaired) electrons. The van der Waals surface area contributed by atoms with Gasteiger partial charge in [-0.05, 0) is 24.3 Å². The highest BCUT2D eigenvalue weighted by atomic mass is 16.1. The van der Waals surface area contributed by atoms with Gasteiger partial charge in [0.2, 0.25) is 5.91 Å². The average Bonchev–Trinajstić information content (AvgIpc) is 2.84. The van der Waals surface area contributed by atoms with Crippen LogP contribution >= 0.6 is 0 Å². The molecular weight excluding hydrogens is 222 g/mol. The van der Waals surface area contributed by atoms with E-state index in [1.165, 1.54) is 37.7 Å². The molecule has 2 fully saturated rings. The number of amides is 1. The van der Waals surface area contributed by atoms with E-state index in [2.05, 4.69) is 35.6 Å². The Balaban J connectivity index is 1.96. The Kier molecular flexibility index (Phi) is 3.11. The number of nitrogens with one attached hydrogen (secondary N) is 1. The van der Waals surface area contributed by atoms with E-state index in [0.29, 0.717) is 12.3 Å². The maximum Gasteiger partial charge on any atom is 0.221 e. The van der Waals surface area contributed by atoms with Crippen molar-refractivity contribution in [3.8, 4) is 0 Å². The van der Waals surface area contributed by atoms with Gasteiger partial charge in [0.15, 0.2) is 0 Å². The molecule has 1 saturated carbocycles. The predicted molar refractivity (Wildman–Crippen MR) is 72.3 cm³/mol. The first-order valence-corrected chi connectivity index (χ1v) is 7.13. The summed E-state index contributed by atoms with van der Waals surface area (Å²) in [5, 5.41) is 3.07. The molecule has 1 N–H and O–H groups in total. The van der Waals surface area contributed by atoms with Gasteiger partial charge in [0.05, 0.1) is 0 Å². The number of carbonyl (C=O) groups is 1. The van der Waals surface area contributed by atoms with Crippen LogP contribution in [-0.2, 0) is 10.2 Å². The summed E-state index contributed by atoms with van der Waals surface area (Å²) in [5.41, 5.74) is 1.42. The van der Waals surface area contributed by atoms with Crippen molar-refractivity contribution in [3.05, 3.63) is 35.9 Å². The number of benzene rings is 1. The highest BCUT2D eigenvalue weighted by Gasteiger charge is 2.46. The molecule has 2 aliphatic rings. The lowest BCUT2D eigenvalue weighted by Gasteiger charge is -2.39. The van der Waals surface area contributed by atoms with Crippen LogP contribution < -0.4 is 5.32 Å². The van der Waals surface area contributed by atoms with Crippen LogP contribution in [0.3, 0.4) is 0 Å². The van der Waals surface area contributed by atoms with Crippen LogP contribution in [0.4, 0.5) is 0 Å². The van der Waals surface area contributed by atoms with Gasteiger partial charge in [-0.15, -0.1) is 0 Å². The summed E-state index contributed by atoms with van der Waals surface area (Å²) in [6.07, 6.45) is 7.26. The van der Waals surface area contributed by atoms with Crippen LogP contribution in [0, 0.1) is 5.92 Å². The van der Waals surface area contributed by atoms with E-state index < -0.39 is 0 Å². The normalized spacial score (nSPS) is 29.2. The van der Waals surface area contributed by atoms with E-state index in [4.69, 9.17) is 0 Å². The van der Waals surface area contributed by atoms with Gasteiger partial charge in [-0.2, -0.15) is 0 Å². The summed E-state index contributed by atoms with van der Waals surface area (Å²) in [6.45, 7) is 0.834. The topological polar surface area (TPSA) is 29.1 Å². The molecule has 2 nitrogen and oxygen atoms in total. The first kappa shape index (κ1) is 11.8. The lowest BCUT2D eigenvalue weighted by Crippen LogP contribution is -2.38. The SMILES string of the molecule is O=C1CC(c2ccccc2)(C2CCCCC2)CN1. The fourth-order valence-corrected chi connectivity index (χ4v) is 3.82. The molecule has 2 heteroatoms. The molecule has 0 aromatic heterocycles. The molecule has 1 aliphatic heterocycles. The summed E-state index contributed by atoms with van der Waals surface area (Å²) in [7, 11) is 0. The minimum atomic E-state index is 0.0682. The van der Waals surface area contributed by atoms with Crippen molar-refractivity contribution in [2.45, 2.75) is 43.9 Å². The Morgan fingerprint density at radius 1 is 1.06 bits per heavy atom. The van der Waals surface area contributed by atoms with Crippen molar-refractivity contribution in [2.75, 3.05) is 6.54 Å². The van der Waals surface area contributed by atoms with Crippen molar-refractivity contribution >= 4 is 5.91 Å². The van der Waals surface area contributed by atoms with Gasteiger partial charge in [-0.25, -0.2) is 0 Å². The van der Waals surface area contributed by atoms with Gasteiger partial charge in [0, 0.05) is 18.4 Å². The maximum absolute atomic E-state index is 11.8. The van der Waals surface area contributed by atoms with Crippen molar-refractivity contribution in [3.63, 3.8) is 0 Å². The van der Waals surface area contributed by atoms with Crippen molar-refractivity contribution in [2.24, 2.45) is 5.92 Å². The highest BCUT2D eigenvalue weighted by Crippen LogP contribution is 2.45. The maximum atomic E-state index is 11.8. The molecule has 1 aromatic carbocycles. The summed E-state index contributed by atoms with van der Waals surface area (Å²) in [5.74, 6) is 0.900. The fourth-order valence-electron chi connectivity index (χ4n) is 3.82. The minimum Gasteiger partial charge on any atom is -0.355 e. The average molecular weight is 243 g/mol. The molecule has 1 aliphatic carbocycles. The van der Waals surface area contributed by atoms with E-state index in [0.717, 1.165) is 6.54 Å². The molecule has 3 rings (SSSR count). The summed E-state index contributed by atoms with van der Waals surface area (Å²) in [4.78, 5) is 11.8. The second kappa shape index (κ2) is 4.75. The second-order valence-electron chi connectivity index (χ2n) is 5.81. The van der Waals surface area contributed by atoms with E-state index >= 15 is 0 Å². The number of hydrogen-bond acceptors (Lipinski definition) is 1. The summed E-state index contributed by atoms with van der Waals surface area (Å²) in [6, 6.07) is 10.7. The quantitative estimate of drug-likeness (QED) is 0.850. The first-order valence-electron chi connectivity index (χ1n) is 7.13. The molecule has 1 saturated heterocycles. The lowest BCUT2D eigenvalue weighted by molar-refractivity contribution is -0.119. The zero-order valence-electron chi connectivity index (χ0n) is 10.8. The van der Waals surface area contributed by atoms with Crippen LogP contribution in [0.1, 0.15) is 44.1 Å². The van der Waals surface area contributed by atoms with Gasteiger partial charge >= 0.3 is 0 Å². The molecule has 1 amide bonds. The summed E-state index contributed by atoms with van der Waals surface area (Å²) < 4.78 is 0. The van der Waals surface area contributed by atoms with Crippen LogP contribution in [-0.4, -0.2) is 12.5 Å². The number of hydrogen-bond donors (Lipinski definition) is 1. The molecule has 1 aromatic rings. The monoisotopic (exact) mass is 243 g/mol. The summed E-state index contributed by atoms with van der Waals surface area (Å²) >= 11 is 0. The fraction of sp³-hybridized carbons (Fsp3) is 0.562. The Morgan fingerprint density at radius 3 is 2.39 bits per heavy atom. The van der Waals surface area contributed by atoms with Crippen molar-refractivity contribution < 1.29 is 4.79 Å². The molecule has 0 spiro atoms. The largest absolute Gasteiger partial charge is 0.355 e. The number of carbonyl (C=O) groups excluding carboxylic acids is 1. The lowest BCUT2D eigenvalue weighted by atomic mass is 9.64. The van der Waals surface area contributed by atoms with E-state index in [1.54, 1.807) is 0 Å². The number of rotatable bonds is 2. The zero-order chi connectivity index (χ0) is 12.4. The predicted octanol–water partition coefficient (Wildman–Crippen LogP) is 3.02. The standard InChI is InChI=1S/C16H21NO/c18-15-11-16(12-17-15,13-7-3-1-4-8-13)14-9-5-2-6-10-14/h1,3-4,7-8,14H,2,5-6,9-12H2,(H,17,18). The van der Waals surface area contributed by atoms with E-state index in [1.807, 2.05) is 0 Å². The molecule has 1 heterocycles. The second-order valence-corrected chi connectivity index (χ2v) is 5.81. The Hall–Kier alpha value is -1.31. The third-order valence-electron chi connectivity index (χ3n) is 4.81. The molecule has 96 valence electrons. The van der Waals surface area contributed by atoms with Crippen LogP contribution in [0.5, 0.6) is 0 Å². The highest BCUT2D eigenvalue weighted by molar-refractivity contribution is 5.80. The van der Waals surface area contributed by atoms with Crippen molar-refractivity contribution in [1.29, 1.82) is 0 Å². The first-order chi connectivity index (χ1) is 8.81. The van der Waals surface area contributed by atoms with Gasteiger partial charge in [0.1, 0.15) is 0 Å². The molecule has 18 heavy (non-hydrogen) atoms. The van der Waals surface area contributed by atoms with Gasteiger partial charge in [-0.3, -0.25) is 4.79 Å². The molecule has 0 bridgehead atoms. The molecule has 1 unspecified atom stereocenters. The minimum absolute atomic E-state index is 0.0682. The van der Waals surface area contributed by atoms with E-state index in [9.17, 15) is 4.79 Å². The van der Waals surface area contributed by atoms with Gasteiger partial charge in [-0.1, -0.05) is 49.6 Å². The van der Waals surface area contributed by atoms with Crippen molar-refractivity contribution in [1.82, 2.24) is 5.32 Å². The van der Waals surface area contributed by atoms with Crippen LogP contribution in [0.2, 0.25) is 0 Å². The Labute approximate surface area is 109 Å². The smallest absolute Gasteiger partial charge is 0.221 e. The molecular formula is C16H21NO. The van der Waals surface area contributed by atoms with Crippen LogP contribution in [0.15, 0.2) is 30.3 Å². The Morgan fingerprint density at radius 2 is 1.78 bits per heavy atom. The van der Waals surface area contributed by atoms with Gasteiger partial charge in [0.25, 0.3) is 0 Å². The molecule has 1 atom stereocenters.